The van der Waals surface area contributed by atoms with Crippen LogP contribution in [-0.4, -0.2) is 24.0 Å². The van der Waals surface area contributed by atoms with E-state index >= 15 is 0 Å². The number of nitrogens with one attached hydrogen (secondary N) is 1. The number of ether oxygens (including phenoxy) is 1. The fourth-order valence-corrected chi connectivity index (χ4v) is 3.03. The van der Waals surface area contributed by atoms with Gasteiger partial charge in [0.05, 0.1) is 0 Å². The van der Waals surface area contributed by atoms with Crippen LogP contribution < -0.4 is 5.32 Å². The zero-order valence-electron chi connectivity index (χ0n) is 13.4. The van der Waals surface area contributed by atoms with Crippen LogP contribution in [0.4, 0.5) is 4.79 Å². The van der Waals surface area contributed by atoms with E-state index in [1.807, 2.05) is 38.1 Å². The summed E-state index contributed by atoms with van der Waals surface area (Å²) in [6.45, 7) is 4.17. The molecule has 0 saturated heterocycles. The SMILES string of the molecule is CC(C)(CS)NC(=O)OCC1c2ccccc2-c2ccccc21. The first-order chi connectivity index (χ1) is 11.0. The minimum Gasteiger partial charge on any atom is -0.449 e. The summed E-state index contributed by atoms with van der Waals surface area (Å²) in [7, 11) is 0. The van der Waals surface area contributed by atoms with Crippen molar-refractivity contribution in [3.8, 4) is 11.1 Å². The van der Waals surface area contributed by atoms with Crippen LogP contribution in [0.5, 0.6) is 0 Å². The van der Waals surface area contributed by atoms with Crippen LogP contribution in [0.1, 0.15) is 30.9 Å². The Bertz CT molecular complexity index is 681. The first kappa shape index (κ1) is 15.9. The third-order valence-electron chi connectivity index (χ3n) is 4.18. The molecule has 3 rings (SSSR count). The van der Waals surface area contributed by atoms with Crippen LogP contribution >= 0.6 is 12.6 Å². The van der Waals surface area contributed by atoms with E-state index in [1.165, 1.54) is 22.3 Å². The van der Waals surface area contributed by atoms with Crippen molar-refractivity contribution in [2.45, 2.75) is 25.3 Å². The molecule has 0 spiro atoms. The monoisotopic (exact) mass is 327 g/mol. The third kappa shape index (κ3) is 3.22. The number of hydrogen-bond donors (Lipinski definition) is 2. The fourth-order valence-electron chi connectivity index (χ4n) is 2.95. The van der Waals surface area contributed by atoms with Gasteiger partial charge in [0.25, 0.3) is 0 Å². The number of carbonyl (C=O) groups is 1. The van der Waals surface area contributed by atoms with Crippen LogP contribution in [0.25, 0.3) is 11.1 Å². The molecule has 0 saturated carbocycles. The molecule has 2 aromatic rings. The van der Waals surface area contributed by atoms with Crippen molar-refractivity contribution in [2.75, 3.05) is 12.4 Å². The second-order valence-electron chi connectivity index (χ2n) is 6.49. The number of hydrogen-bond acceptors (Lipinski definition) is 3. The molecule has 1 N–H and O–H groups in total. The summed E-state index contributed by atoms with van der Waals surface area (Å²) in [5.74, 6) is 0.643. The molecule has 0 bridgehead atoms. The Balaban J connectivity index is 1.77. The number of alkyl carbamates (subject to hydrolysis) is 1. The number of carbonyl (C=O) groups excluding carboxylic acids is 1. The molecular formula is C19H21NO2S. The summed E-state index contributed by atoms with van der Waals surface area (Å²) in [5.41, 5.74) is 4.51. The van der Waals surface area contributed by atoms with Crippen LogP contribution in [0.3, 0.4) is 0 Å². The smallest absolute Gasteiger partial charge is 0.407 e. The average molecular weight is 327 g/mol. The lowest BCUT2D eigenvalue weighted by atomic mass is 9.98. The summed E-state index contributed by atoms with van der Waals surface area (Å²) >= 11 is 4.24. The highest BCUT2D eigenvalue weighted by Gasteiger charge is 2.29. The molecule has 1 aliphatic rings. The molecular weight excluding hydrogens is 306 g/mol. The highest BCUT2D eigenvalue weighted by atomic mass is 32.1. The van der Waals surface area contributed by atoms with Crippen molar-refractivity contribution in [1.82, 2.24) is 5.32 Å². The second kappa shape index (κ2) is 6.28. The predicted octanol–water partition coefficient (Wildman–Crippen LogP) is 4.23. The minimum atomic E-state index is -0.397. The van der Waals surface area contributed by atoms with Crippen molar-refractivity contribution in [2.24, 2.45) is 0 Å². The van der Waals surface area contributed by atoms with E-state index in [1.54, 1.807) is 0 Å². The molecule has 1 aliphatic carbocycles. The average Bonchev–Trinajstić information content (AvgIpc) is 2.87. The van der Waals surface area contributed by atoms with Gasteiger partial charge in [0, 0.05) is 17.2 Å². The van der Waals surface area contributed by atoms with Gasteiger partial charge in [-0.3, -0.25) is 0 Å². The van der Waals surface area contributed by atoms with Crippen molar-refractivity contribution < 1.29 is 9.53 Å². The lowest BCUT2D eigenvalue weighted by Gasteiger charge is -2.24. The zero-order valence-corrected chi connectivity index (χ0v) is 14.3. The molecule has 0 unspecified atom stereocenters. The van der Waals surface area contributed by atoms with Crippen LogP contribution in [0.15, 0.2) is 48.5 Å². The van der Waals surface area contributed by atoms with Crippen molar-refractivity contribution in [3.63, 3.8) is 0 Å². The summed E-state index contributed by atoms with van der Waals surface area (Å²) in [5, 5.41) is 2.84. The van der Waals surface area contributed by atoms with E-state index in [0.717, 1.165) is 0 Å². The van der Waals surface area contributed by atoms with Gasteiger partial charge in [0.2, 0.25) is 0 Å². The first-order valence-electron chi connectivity index (χ1n) is 7.76. The summed E-state index contributed by atoms with van der Waals surface area (Å²) in [6.07, 6.45) is -0.397. The molecule has 4 heteroatoms. The van der Waals surface area contributed by atoms with Crippen LogP contribution in [-0.2, 0) is 4.74 Å². The maximum Gasteiger partial charge on any atom is 0.407 e. The lowest BCUT2D eigenvalue weighted by molar-refractivity contribution is 0.135. The maximum atomic E-state index is 12.0. The van der Waals surface area contributed by atoms with Crippen LogP contribution in [0, 0.1) is 0 Å². The zero-order chi connectivity index (χ0) is 16.4. The van der Waals surface area contributed by atoms with Gasteiger partial charge in [0.1, 0.15) is 6.61 Å². The maximum absolute atomic E-state index is 12.0. The summed E-state index contributed by atoms with van der Waals surface area (Å²) in [4.78, 5) is 12.0. The third-order valence-corrected chi connectivity index (χ3v) is 4.97. The molecule has 2 aromatic carbocycles. The molecule has 0 fully saturated rings. The predicted molar refractivity (Wildman–Crippen MR) is 96.1 cm³/mol. The number of amides is 1. The van der Waals surface area contributed by atoms with E-state index in [2.05, 4.69) is 42.2 Å². The standard InChI is InChI=1S/C19H21NO2S/c1-19(2,12-23)20-18(21)22-11-17-15-9-5-3-7-13(15)14-8-4-6-10-16(14)17/h3-10,17,23H,11-12H2,1-2H3,(H,20,21). The van der Waals surface area contributed by atoms with Crippen molar-refractivity contribution in [1.29, 1.82) is 0 Å². The molecule has 1 amide bonds. The van der Waals surface area contributed by atoms with E-state index in [4.69, 9.17) is 4.74 Å². The highest BCUT2D eigenvalue weighted by molar-refractivity contribution is 7.80. The quantitative estimate of drug-likeness (QED) is 0.825. The number of fused-ring (bicyclic) bond motifs is 3. The molecule has 0 heterocycles. The Kier molecular flexibility index (Phi) is 4.35. The topological polar surface area (TPSA) is 38.3 Å². The van der Waals surface area contributed by atoms with Gasteiger partial charge < -0.3 is 10.1 Å². The first-order valence-corrected chi connectivity index (χ1v) is 8.39. The van der Waals surface area contributed by atoms with E-state index in [0.29, 0.717) is 12.4 Å². The van der Waals surface area contributed by atoms with Crippen LogP contribution in [0.2, 0.25) is 0 Å². The Hall–Kier alpha value is -1.94. The largest absolute Gasteiger partial charge is 0.449 e. The van der Waals surface area contributed by atoms with Gasteiger partial charge in [-0.05, 0) is 36.1 Å². The van der Waals surface area contributed by atoms with E-state index < -0.39 is 6.09 Å². The highest BCUT2D eigenvalue weighted by Crippen LogP contribution is 2.44. The van der Waals surface area contributed by atoms with E-state index in [-0.39, 0.29) is 11.5 Å². The van der Waals surface area contributed by atoms with Gasteiger partial charge in [-0.1, -0.05) is 48.5 Å². The molecule has 120 valence electrons. The molecule has 23 heavy (non-hydrogen) atoms. The molecule has 0 aromatic heterocycles. The molecule has 3 nitrogen and oxygen atoms in total. The molecule has 0 radical (unpaired) electrons. The van der Waals surface area contributed by atoms with Crippen molar-refractivity contribution in [3.05, 3.63) is 59.7 Å². The van der Waals surface area contributed by atoms with Gasteiger partial charge in [-0.15, -0.1) is 0 Å². The summed E-state index contributed by atoms with van der Waals surface area (Å²) < 4.78 is 5.49. The van der Waals surface area contributed by atoms with E-state index in [9.17, 15) is 4.79 Å². The van der Waals surface area contributed by atoms with Gasteiger partial charge in [0.15, 0.2) is 0 Å². The van der Waals surface area contributed by atoms with Crippen molar-refractivity contribution >= 4 is 18.7 Å². The Morgan fingerprint density at radius 2 is 1.61 bits per heavy atom. The fraction of sp³-hybridized carbons (Fsp3) is 0.316. The normalized spacial score (nSPS) is 13.3. The minimum absolute atomic E-state index is 0.0901. The number of benzene rings is 2. The molecule has 0 aliphatic heterocycles. The Morgan fingerprint density at radius 1 is 1.09 bits per heavy atom. The van der Waals surface area contributed by atoms with Gasteiger partial charge in [-0.25, -0.2) is 4.79 Å². The Labute approximate surface area is 142 Å². The van der Waals surface area contributed by atoms with Gasteiger partial charge in [-0.2, -0.15) is 12.6 Å². The van der Waals surface area contributed by atoms with Gasteiger partial charge >= 0.3 is 6.09 Å². The second-order valence-corrected chi connectivity index (χ2v) is 6.81. The lowest BCUT2D eigenvalue weighted by Crippen LogP contribution is -2.45. The number of rotatable bonds is 4. The summed E-state index contributed by atoms with van der Waals surface area (Å²) in [6, 6.07) is 16.6. The Morgan fingerprint density at radius 3 is 2.13 bits per heavy atom. The number of thiol groups is 1. The molecule has 0 atom stereocenters.